The lowest BCUT2D eigenvalue weighted by atomic mass is 9.36. The highest BCUT2D eigenvalue weighted by molar-refractivity contribution is 7.33. The van der Waals surface area contributed by atoms with Crippen molar-refractivity contribution in [3.63, 3.8) is 0 Å². The molecule has 2 nitrogen and oxygen atoms in total. The van der Waals surface area contributed by atoms with Gasteiger partial charge in [0.2, 0.25) is 0 Å². The molecule has 0 atom stereocenters. The molecule has 0 saturated carbocycles. The normalized spacial score (nSPS) is 14.2. The lowest BCUT2D eigenvalue weighted by Crippen LogP contribution is -2.60. The molecule has 1 aromatic heterocycles. The van der Waals surface area contributed by atoms with Gasteiger partial charge in [-0.25, -0.2) is 0 Å². The molecular weight excluding hydrogens is 599 g/mol. The van der Waals surface area contributed by atoms with E-state index in [2.05, 4.69) is 181 Å². The lowest BCUT2D eigenvalue weighted by Gasteiger charge is -2.43. The topological polar surface area (TPSA) is 6.48 Å². The average Bonchev–Trinajstić information content (AvgIpc) is 3.42. The van der Waals surface area contributed by atoms with Gasteiger partial charge < -0.3 is 9.80 Å². The van der Waals surface area contributed by atoms with Crippen LogP contribution in [-0.2, 0) is 16.2 Å². The molecule has 0 radical (unpaired) electrons. The Bertz CT molecular complexity index is 2190. The molecule has 4 heteroatoms. The zero-order chi connectivity index (χ0) is 33.7. The standard InChI is InChI=1S/C44H45BN2S/c1-42(2,3)28-17-22-31(23-18-28)46-35-14-12-15-36-39(35)45(34-26-21-30(27-37(34)46)44(7,8)9)41-40(33-13-10-11-16-38(33)48-41)47(36)32-24-19-29(20-25-32)43(4,5)6/h10-27H,1-9H3. The number of rotatable bonds is 2. The molecule has 240 valence electrons. The molecule has 5 aromatic carbocycles. The van der Waals surface area contributed by atoms with Crippen molar-refractivity contribution in [3.8, 4) is 0 Å². The number of fused-ring (bicyclic) bond motifs is 6. The molecular formula is C44H45BN2S. The Balaban J connectivity index is 1.43. The van der Waals surface area contributed by atoms with Gasteiger partial charge in [0.25, 0.3) is 6.71 Å². The number of benzene rings is 5. The summed E-state index contributed by atoms with van der Waals surface area (Å²) in [7, 11) is 0. The molecule has 6 aromatic rings. The first kappa shape index (κ1) is 31.0. The van der Waals surface area contributed by atoms with Gasteiger partial charge in [-0.3, -0.25) is 0 Å². The van der Waals surface area contributed by atoms with Crippen molar-refractivity contribution in [2.75, 3.05) is 9.80 Å². The van der Waals surface area contributed by atoms with Crippen LogP contribution in [0.2, 0.25) is 0 Å². The molecule has 2 aliphatic rings. The first-order valence-electron chi connectivity index (χ1n) is 17.3. The Kier molecular flexibility index (Phi) is 6.86. The van der Waals surface area contributed by atoms with Crippen LogP contribution in [0.25, 0.3) is 10.1 Å². The van der Waals surface area contributed by atoms with Crippen LogP contribution in [0.3, 0.4) is 0 Å². The number of nitrogens with zero attached hydrogens (tertiary/aromatic N) is 2. The van der Waals surface area contributed by atoms with E-state index in [1.165, 1.54) is 76.6 Å². The van der Waals surface area contributed by atoms with Gasteiger partial charge >= 0.3 is 0 Å². The van der Waals surface area contributed by atoms with Crippen molar-refractivity contribution >= 4 is 78.0 Å². The van der Waals surface area contributed by atoms with Crippen molar-refractivity contribution in [2.45, 2.75) is 78.6 Å². The van der Waals surface area contributed by atoms with E-state index in [9.17, 15) is 0 Å². The lowest BCUT2D eigenvalue weighted by molar-refractivity contribution is 0.590. The predicted octanol–water partition coefficient (Wildman–Crippen LogP) is 10.9. The summed E-state index contributed by atoms with van der Waals surface area (Å²) in [6.45, 7) is 20.8. The van der Waals surface area contributed by atoms with Crippen LogP contribution in [-0.4, -0.2) is 6.71 Å². The van der Waals surface area contributed by atoms with Gasteiger partial charge in [0.05, 0.1) is 5.69 Å². The maximum absolute atomic E-state index is 2.55. The molecule has 0 aliphatic carbocycles. The molecule has 0 bridgehead atoms. The average molecular weight is 645 g/mol. The quantitative estimate of drug-likeness (QED) is 0.173. The summed E-state index contributed by atoms with van der Waals surface area (Å²) in [6, 6.07) is 41.8. The third-order valence-electron chi connectivity index (χ3n) is 10.3. The Labute approximate surface area is 291 Å². The van der Waals surface area contributed by atoms with Gasteiger partial charge in [-0.2, -0.15) is 0 Å². The Morgan fingerprint density at radius 3 is 1.60 bits per heavy atom. The predicted molar refractivity (Wildman–Crippen MR) is 212 cm³/mol. The molecule has 0 amide bonds. The summed E-state index contributed by atoms with van der Waals surface area (Å²) in [5.41, 5.74) is 14.6. The smallest absolute Gasteiger partial charge is 0.264 e. The SMILES string of the molecule is CC(C)(C)c1ccc(N2c3cc(C(C)(C)C)ccc3B3c4sc5ccccc5c4N(c4ccc(C(C)(C)C)cc4)c4cccc2c43)cc1. The van der Waals surface area contributed by atoms with Gasteiger partial charge in [-0.15, -0.1) is 11.3 Å². The summed E-state index contributed by atoms with van der Waals surface area (Å²) in [4.78, 5) is 5.08. The third-order valence-corrected chi connectivity index (χ3v) is 11.6. The van der Waals surface area contributed by atoms with Crippen LogP contribution in [0.15, 0.2) is 109 Å². The van der Waals surface area contributed by atoms with E-state index in [0.29, 0.717) is 0 Å². The second-order valence-corrected chi connectivity index (χ2v) is 17.8. The molecule has 0 fully saturated rings. The van der Waals surface area contributed by atoms with Crippen molar-refractivity contribution in [3.05, 3.63) is 126 Å². The van der Waals surface area contributed by atoms with Gasteiger partial charge in [0.1, 0.15) is 0 Å². The zero-order valence-electron chi connectivity index (χ0n) is 29.8. The van der Waals surface area contributed by atoms with E-state index in [-0.39, 0.29) is 23.0 Å². The van der Waals surface area contributed by atoms with E-state index in [1.54, 1.807) is 0 Å². The van der Waals surface area contributed by atoms with Crippen molar-refractivity contribution in [1.82, 2.24) is 0 Å². The van der Waals surface area contributed by atoms with Crippen molar-refractivity contribution < 1.29 is 0 Å². The Morgan fingerprint density at radius 2 is 1.02 bits per heavy atom. The molecule has 48 heavy (non-hydrogen) atoms. The number of thiophene rings is 1. The molecule has 2 aliphatic heterocycles. The number of hydrogen-bond acceptors (Lipinski definition) is 3. The van der Waals surface area contributed by atoms with Crippen LogP contribution < -0.4 is 25.5 Å². The second-order valence-electron chi connectivity index (χ2n) is 16.7. The Morgan fingerprint density at radius 1 is 0.500 bits per heavy atom. The minimum absolute atomic E-state index is 0.0320. The van der Waals surface area contributed by atoms with Gasteiger partial charge in [0.15, 0.2) is 0 Å². The Hall–Kier alpha value is -4.28. The summed E-state index contributed by atoms with van der Waals surface area (Å²) in [5, 5.41) is 1.32. The van der Waals surface area contributed by atoms with Gasteiger partial charge in [-0.1, -0.05) is 123 Å². The monoisotopic (exact) mass is 644 g/mol. The summed E-state index contributed by atoms with van der Waals surface area (Å²) in [6.07, 6.45) is 0. The minimum Gasteiger partial charge on any atom is -0.311 e. The maximum atomic E-state index is 2.55. The van der Waals surface area contributed by atoms with Crippen LogP contribution in [0.5, 0.6) is 0 Å². The largest absolute Gasteiger partial charge is 0.311 e. The molecule has 0 spiro atoms. The molecule has 0 saturated heterocycles. The third kappa shape index (κ3) is 4.83. The van der Waals surface area contributed by atoms with Crippen LogP contribution in [0.4, 0.5) is 34.1 Å². The van der Waals surface area contributed by atoms with Crippen molar-refractivity contribution in [1.29, 1.82) is 0 Å². The van der Waals surface area contributed by atoms with Crippen LogP contribution in [0.1, 0.15) is 79.0 Å². The first-order valence-corrected chi connectivity index (χ1v) is 18.1. The van der Waals surface area contributed by atoms with E-state index < -0.39 is 0 Å². The van der Waals surface area contributed by atoms with Gasteiger partial charge in [-0.05, 0) is 92.4 Å². The highest BCUT2D eigenvalue weighted by Gasteiger charge is 2.45. The molecule has 0 unspecified atom stereocenters. The van der Waals surface area contributed by atoms with Crippen LogP contribution in [0, 0.1) is 0 Å². The van der Waals surface area contributed by atoms with E-state index in [0.717, 1.165) is 0 Å². The zero-order valence-corrected chi connectivity index (χ0v) is 30.6. The number of anilines is 6. The fourth-order valence-corrected chi connectivity index (χ4v) is 8.92. The highest BCUT2D eigenvalue weighted by Crippen LogP contribution is 2.48. The number of hydrogen-bond donors (Lipinski definition) is 0. The summed E-state index contributed by atoms with van der Waals surface area (Å²) >= 11 is 1.96. The van der Waals surface area contributed by atoms with E-state index >= 15 is 0 Å². The van der Waals surface area contributed by atoms with Crippen LogP contribution >= 0.6 is 11.3 Å². The van der Waals surface area contributed by atoms with E-state index in [1.807, 2.05) is 11.3 Å². The minimum atomic E-state index is 0.0320. The summed E-state index contributed by atoms with van der Waals surface area (Å²) in [5.74, 6) is 0. The highest BCUT2D eigenvalue weighted by atomic mass is 32.1. The fraction of sp³-hybridized carbons (Fsp3) is 0.273. The second kappa shape index (κ2) is 10.6. The van der Waals surface area contributed by atoms with E-state index in [4.69, 9.17) is 0 Å². The van der Waals surface area contributed by atoms with Gasteiger partial charge in [0, 0.05) is 43.3 Å². The molecule has 8 rings (SSSR count). The molecule has 3 heterocycles. The molecule has 0 N–H and O–H groups in total. The fourth-order valence-electron chi connectivity index (χ4n) is 7.60. The first-order chi connectivity index (χ1) is 22.7. The van der Waals surface area contributed by atoms with Crippen molar-refractivity contribution in [2.24, 2.45) is 0 Å². The summed E-state index contributed by atoms with van der Waals surface area (Å²) < 4.78 is 2.75. The maximum Gasteiger partial charge on any atom is 0.264 e.